The van der Waals surface area contributed by atoms with Crippen molar-refractivity contribution in [3.63, 3.8) is 0 Å². The lowest BCUT2D eigenvalue weighted by molar-refractivity contribution is -0.114. The number of carbonyl (C=O) groups excluding carboxylic acids is 1. The van der Waals surface area contributed by atoms with Crippen molar-refractivity contribution < 1.29 is 18.7 Å². The Hall–Kier alpha value is -2.83. The SMILES string of the molecule is CC(=O)Nc1cc2ccc(OC3CCC(OCc4ccc(Cl)cc4)CC3)c(C)c2oc1=O. The van der Waals surface area contributed by atoms with E-state index in [2.05, 4.69) is 5.32 Å². The van der Waals surface area contributed by atoms with Crippen LogP contribution in [0.3, 0.4) is 0 Å². The fourth-order valence-corrected chi connectivity index (χ4v) is 4.13. The van der Waals surface area contributed by atoms with Gasteiger partial charge in [-0.05, 0) is 68.5 Å². The Bertz CT molecular complexity index is 1160. The molecule has 1 aliphatic carbocycles. The quantitative estimate of drug-likeness (QED) is 0.488. The van der Waals surface area contributed by atoms with Crippen LogP contribution in [0.2, 0.25) is 5.02 Å². The number of nitrogens with one attached hydrogen (secondary N) is 1. The molecule has 2 aromatic carbocycles. The van der Waals surface area contributed by atoms with E-state index in [-0.39, 0.29) is 23.8 Å². The summed E-state index contributed by atoms with van der Waals surface area (Å²) in [5, 5.41) is 3.96. The van der Waals surface area contributed by atoms with Gasteiger partial charge in [-0.25, -0.2) is 4.79 Å². The van der Waals surface area contributed by atoms with Gasteiger partial charge in [-0.3, -0.25) is 4.79 Å². The first-order valence-electron chi connectivity index (χ1n) is 10.8. The van der Waals surface area contributed by atoms with Crippen molar-refractivity contribution in [3.05, 3.63) is 69.0 Å². The summed E-state index contributed by atoms with van der Waals surface area (Å²) in [6.07, 6.45) is 3.96. The van der Waals surface area contributed by atoms with Gasteiger partial charge in [-0.2, -0.15) is 0 Å². The Balaban J connectivity index is 1.36. The number of aryl methyl sites for hydroxylation is 1. The Labute approximate surface area is 191 Å². The highest BCUT2D eigenvalue weighted by Gasteiger charge is 2.24. The van der Waals surface area contributed by atoms with Crippen molar-refractivity contribution in [2.75, 3.05) is 5.32 Å². The molecule has 0 aliphatic heterocycles. The summed E-state index contributed by atoms with van der Waals surface area (Å²) < 4.78 is 17.8. The van der Waals surface area contributed by atoms with Crippen molar-refractivity contribution in [2.24, 2.45) is 0 Å². The number of hydrogen-bond acceptors (Lipinski definition) is 5. The minimum Gasteiger partial charge on any atom is -0.490 e. The van der Waals surface area contributed by atoms with Crippen LogP contribution in [0.1, 0.15) is 43.7 Å². The maximum Gasteiger partial charge on any atom is 0.360 e. The van der Waals surface area contributed by atoms with Gasteiger partial charge in [0.1, 0.15) is 17.0 Å². The first-order valence-corrected chi connectivity index (χ1v) is 11.1. The molecule has 1 heterocycles. The van der Waals surface area contributed by atoms with Crippen LogP contribution in [0.15, 0.2) is 51.7 Å². The molecular weight excluding hydrogens is 430 g/mol. The molecule has 0 radical (unpaired) electrons. The summed E-state index contributed by atoms with van der Waals surface area (Å²) in [5.74, 6) is 0.388. The molecule has 1 N–H and O–H groups in total. The van der Waals surface area contributed by atoms with Gasteiger partial charge in [0.15, 0.2) is 0 Å². The zero-order valence-electron chi connectivity index (χ0n) is 18.2. The summed E-state index contributed by atoms with van der Waals surface area (Å²) in [5.41, 5.74) is 1.92. The van der Waals surface area contributed by atoms with Crippen LogP contribution in [0.5, 0.6) is 5.75 Å². The maximum absolute atomic E-state index is 12.2. The van der Waals surface area contributed by atoms with Crippen LogP contribution < -0.4 is 15.7 Å². The van der Waals surface area contributed by atoms with Crippen LogP contribution in [0.4, 0.5) is 5.69 Å². The van der Waals surface area contributed by atoms with E-state index >= 15 is 0 Å². The van der Waals surface area contributed by atoms with Crippen LogP contribution in [-0.4, -0.2) is 18.1 Å². The number of halogens is 1. The molecule has 3 aromatic rings. The van der Waals surface area contributed by atoms with Crippen LogP contribution >= 0.6 is 11.6 Å². The Kier molecular flexibility index (Phi) is 6.82. The number of carbonyl (C=O) groups is 1. The predicted molar refractivity (Wildman–Crippen MR) is 124 cm³/mol. The molecule has 168 valence electrons. The minimum atomic E-state index is -0.578. The zero-order chi connectivity index (χ0) is 22.7. The zero-order valence-corrected chi connectivity index (χ0v) is 18.9. The van der Waals surface area contributed by atoms with E-state index in [9.17, 15) is 9.59 Å². The lowest BCUT2D eigenvalue weighted by Gasteiger charge is -2.29. The highest BCUT2D eigenvalue weighted by Crippen LogP contribution is 2.32. The van der Waals surface area contributed by atoms with Gasteiger partial charge in [-0.1, -0.05) is 23.7 Å². The molecule has 7 heteroatoms. The van der Waals surface area contributed by atoms with E-state index in [0.29, 0.717) is 17.9 Å². The monoisotopic (exact) mass is 455 g/mol. The van der Waals surface area contributed by atoms with E-state index in [1.165, 1.54) is 6.92 Å². The van der Waals surface area contributed by atoms with E-state index in [1.54, 1.807) is 6.07 Å². The average molecular weight is 456 g/mol. The molecule has 1 amide bonds. The number of benzene rings is 2. The van der Waals surface area contributed by atoms with Gasteiger partial charge in [0.2, 0.25) is 5.91 Å². The van der Waals surface area contributed by atoms with E-state index in [1.807, 2.05) is 43.3 Å². The van der Waals surface area contributed by atoms with Crippen molar-refractivity contribution in [1.29, 1.82) is 0 Å². The molecule has 1 aromatic heterocycles. The van der Waals surface area contributed by atoms with E-state index in [0.717, 1.165) is 47.2 Å². The number of rotatable bonds is 6. The molecule has 4 rings (SSSR count). The van der Waals surface area contributed by atoms with Crippen LogP contribution in [0, 0.1) is 6.92 Å². The third-order valence-corrected chi connectivity index (χ3v) is 5.98. The molecule has 0 bridgehead atoms. The first-order chi connectivity index (χ1) is 15.4. The summed E-state index contributed by atoms with van der Waals surface area (Å²) in [6, 6.07) is 13.1. The lowest BCUT2D eigenvalue weighted by Crippen LogP contribution is -2.28. The van der Waals surface area contributed by atoms with Crippen molar-refractivity contribution in [3.8, 4) is 5.75 Å². The van der Waals surface area contributed by atoms with Crippen LogP contribution in [-0.2, 0) is 16.1 Å². The molecule has 6 nitrogen and oxygen atoms in total. The minimum absolute atomic E-state index is 0.0897. The lowest BCUT2D eigenvalue weighted by atomic mass is 9.94. The number of anilines is 1. The smallest absolute Gasteiger partial charge is 0.360 e. The van der Waals surface area contributed by atoms with Gasteiger partial charge in [-0.15, -0.1) is 0 Å². The third-order valence-electron chi connectivity index (χ3n) is 5.73. The number of amides is 1. The number of ether oxygens (including phenoxy) is 2. The van der Waals surface area contributed by atoms with E-state index in [4.69, 9.17) is 25.5 Å². The molecule has 1 fully saturated rings. The summed E-state index contributed by atoms with van der Waals surface area (Å²) in [4.78, 5) is 23.5. The van der Waals surface area contributed by atoms with Crippen molar-refractivity contribution >= 4 is 34.2 Å². The van der Waals surface area contributed by atoms with Crippen molar-refractivity contribution in [1.82, 2.24) is 0 Å². The Morgan fingerprint density at radius 3 is 2.47 bits per heavy atom. The second-order valence-corrected chi connectivity index (χ2v) is 8.63. The highest BCUT2D eigenvalue weighted by atomic mass is 35.5. The largest absolute Gasteiger partial charge is 0.490 e. The topological polar surface area (TPSA) is 77.8 Å². The molecule has 32 heavy (non-hydrogen) atoms. The predicted octanol–water partition coefficient (Wildman–Crippen LogP) is 5.62. The fourth-order valence-electron chi connectivity index (χ4n) is 4.00. The normalized spacial score (nSPS) is 18.5. The van der Waals surface area contributed by atoms with Gasteiger partial charge >= 0.3 is 5.63 Å². The van der Waals surface area contributed by atoms with Crippen molar-refractivity contribution in [2.45, 2.75) is 58.3 Å². The number of fused-ring (bicyclic) bond motifs is 1. The van der Waals surface area contributed by atoms with Crippen LogP contribution in [0.25, 0.3) is 11.0 Å². The molecule has 0 spiro atoms. The van der Waals surface area contributed by atoms with Gasteiger partial charge < -0.3 is 19.2 Å². The second-order valence-electron chi connectivity index (χ2n) is 8.19. The summed E-state index contributed by atoms with van der Waals surface area (Å²) in [6.45, 7) is 3.81. The standard InChI is InChI=1S/C25H26ClNO5/c1-15-23(12-5-18-13-22(27-16(2)28)25(29)32-24(15)18)31-21-10-8-20(9-11-21)30-14-17-3-6-19(26)7-4-17/h3-7,12-13,20-21H,8-11,14H2,1-2H3,(H,27,28). The van der Waals surface area contributed by atoms with Gasteiger partial charge in [0.05, 0.1) is 18.8 Å². The van der Waals surface area contributed by atoms with E-state index < -0.39 is 5.63 Å². The fraction of sp³-hybridized carbons (Fsp3) is 0.360. The Morgan fingerprint density at radius 1 is 1.09 bits per heavy atom. The summed E-state index contributed by atoms with van der Waals surface area (Å²) in [7, 11) is 0. The molecule has 1 aliphatic rings. The summed E-state index contributed by atoms with van der Waals surface area (Å²) >= 11 is 5.93. The molecule has 1 saturated carbocycles. The molecule has 0 atom stereocenters. The average Bonchev–Trinajstić information content (AvgIpc) is 2.77. The third kappa shape index (κ3) is 5.31. The number of hydrogen-bond donors (Lipinski definition) is 1. The molecular formula is C25H26ClNO5. The Morgan fingerprint density at radius 2 is 1.78 bits per heavy atom. The first kappa shape index (κ1) is 22.4. The molecule has 0 unspecified atom stereocenters. The van der Waals surface area contributed by atoms with Gasteiger partial charge in [0.25, 0.3) is 0 Å². The molecule has 0 saturated heterocycles. The highest BCUT2D eigenvalue weighted by molar-refractivity contribution is 6.30. The second kappa shape index (κ2) is 9.76. The van der Waals surface area contributed by atoms with Gasteiger partial charge in [0, 0.05) is 22.9 Å². The maximum atomic E-state index is 12.2.